The van der Waals surface area contributed by atoms with Crippen LogP contribution in [0.4, 0.5) is 11.4 Å². The molecule has 1 heterocycles. The van der Waals surface area contributed by atoms with Crippen LogP contribution in [-0.2, 0) is 9.53 Å². The molecule has 1 fully saturated rings. The highest BCUT2D eigenvalue weighted by Crippen LogP contribution is 2.31. The summed E-state index contributed by atoms with van der Waals surface area (Å²) in [6.45, 7) is -0.0731. The fraction of sp³-hybridized carbons (Fsp3) is 0.333. The SMILES string of the molecule is COCC(=O)Nc1cccc(NC(=O)c2ccc3c(c2)C(=O)N(C2CCCCC2)C3=O)c1. The first-order valence-electron chi connectivity index (χ1n) is 10.7. The Morgan fingerprint density at radius 2 is 1.62 bits per heavy atom. The third kappa shape index (κ3) is 4.40. The minimum absolute atomic E-state index is 0.0653. The Labute approximate surface area is 185 Å². The molecule has 4 rings (SSSR count). The van der Waals surface area contributed by atoms with Crippen molar-refractivity contribution in [1.82, 2.24) is 4.90 Å². The van der Waals surface area contributed by atoms with E-state index in [2.05, 4.69) is 10.6 Å². The standard InChI is InChI=1S/C24H25N3O5/c1-32-14-21(28)25-16-6-5-7-17(13-16)26-22(29)15-10-11-19-20(12-15)24(31)27(23(19)30)18-8-3-2-4-9-18/h5-7,10-13,18H,2-4,8-9,14H2,1H3,(H,25,28)(H,26,29). The van der Waals surface area contributed by atoms with E-state index in [4.69, 9.17) is 4.74 Å². The summed E-state index contributed by atoms with van der Waals surface area (Å²) >= 11 is 0. The molecule has 32 heavy (non-hydrogen) atoms. The van der Waals surface area contributed by atoms with E-state index < -0.39 is 5.91 Å². The average molecular weight is 435 g/mol. The van der Waals surface area contributed by atoms with Crippen LogP contribution in [0, 0.1) is 0 Å². The fourth-order valence-electron chi connectivity index (χ4n) is 4.28. The van der Waals surface area contributed by atoms with Crippen LogP contribution in [0.2, 0.25) is 0 Å². The van der Waals surface area contributed by atoms with Crippen molar-refractivity contribution in [2.75, 3.05) is 24.4 Å². The second kappa shape index (κ2) is 9.32. The van der Waals surface area contributed by atoms with Crippen molar-refractivity contribution in [2.45, 2.75) is 38.1 Å². The lowest BCUT2D eigenvalue weighted by atomic mass is 9.94. The highest BCUT2D eigenvalue weighted by Gasteiger charge is 2.40. The number of carbonyl (C=O) groups is 4. The number of benzene rings is 2. The lowest BCUT2D eigenvalue weighted by Gasteiger charge is -2.29. The van der Waals surface area contributed by atoms with Gasteiger partial charge in [-0.15, -0.1) is 0 Å². The molecule has 4 amide bonds. The van der Waals surface area contributed by atoms with Crippen molar-refractivity contribution >= 4 is 35.0 Å². The quantitative estimate of drug-likeness (QED) is 0.676. The maximum absolute atomic E-state index is 13.0. The number of hydrogen-bond acceptors (Lipinski definition) is 5. The summed E-state index contributed by atoms with van der Waals surface area (Å²) in [5.74, 6) is -1.32. The Morgan fingerprint density at radius 3 is 2.34 bits per heavy atom. The van der Waals surface area contributed by atoms with Crippen molar-refractivity contribution in [1.29, 1.82) is 0 Å². The topological polar surface area (TPSA) is 105 Å². The Morgan fingerprint density at radius 1 is 0.938 bits per heavy atom. The maximum Gasteiger partial charge on any atom is 0.261 e. The van der Waals surface area contributed by atoms with E-state index in [0.717, 1.165) is 32.1 Å². The molecule has 8 heteroatoms. The molecular formula is C24H25N3O5. The Hall–Kier alpha value is -3.52. The van der Waals surface area contributed by atoms with E-state index in [1.807, 2.05) is 0 Å². The predicted molar refractivity (Wildman–Crippen MR) is 119 cm³/mol. The molecule has 166 valence electrons. The summed E-state index contributed by atoms with van der Waals surface area (Å²) in [6, 6.07) is 11.2. The van der Waals surface area contributed by atoms with Gasteiger partial charge >= 0.3 is 0 Å². The number of hydrogen-bond donors (Lipinski definition) is 2. The van der Waals surface area contributed by atoms with E-state index >= 15 is 0 Å². The summed E-state index contributed by atoms with van der Waals surface area (Å²) in [7, 11) is 1.43. The molecule has 1 aliphatic carbocycles. The van der Waals surface area contributed by atoms with Gasteiger partial charge in [0.15, 0.2) is 0 Å². The zero-order chi connectivity index (χ0) is 22.7. The summed E-state index contributed by atoms with van der Waals surface area (Å²) in [4.78, 5) is 51.6. The zero-order valence-corrected chi connectivity index (χ0v) is 17.8. The van der Waals surface area contributed by atoms with Gasteiger partial charge in [-0.25, -0.2) is 0 Å². The molecule has 0 saturated heterocycles. The van der Waals surface area contributed by atoms with Crippen LogP contribution in [0.1, 0.15) is 63.2 Å². The van der Waals surface area contributed by atoms with E-state index in [1.54, 1.807) is 36.4 Å². The van der Waals surface area contributed by atoms with Crippen LogP contribution in [0.5, 0.6) is 0 Å². The van der Waals surface area contributed by atoms with Gasteiger partial charge in [-0.3, -0.25) is 24.1 Å². The number of nitrogens with zero attached hydrogens (tertiary/aromatic N) is 1. The second-order valence-corrected chi connectivity index (χ2v) is 8.05. The third-order valence-corrected chi connectivity index (χ3v) is 5.80. The van der Waals surface area contributed by atoms with E-state index in [0.29, 0.717) is 16.9 Å². The summed E-state index contributed by atoms with van der Waals surface area (Å²) < 4.78 is 4.79. The Bertz CT molecular complexity index is 1080. The van der Waals surface area contributed by atoms with Gasteiger partial charge in [-0.2, -0.15) is 0 Å². The van der Waals surface area contributed by atoms with Gasteiger partial charge < -0.3 is 15.4 Å². The molecule has 0 atom stereocenters. The van der Waals surface area contributed by atoms with Gasteiger partial charge in [0.25, 0.3) is 17.7 Å². The highest BCUT2D eigenvalue weighted by atomic mass is 16.5. The first-order chi connectivity index (χ1) is 15.5. The molecule has 8 nitrogen and oxygen atoms in total. The molecule has 0 aromatic heterocycles. The van der Waals surface area contributed by atoms with Crippen molar-refractivity contribution < 1.29 is 23.9 Å². The third-order valence-electron chi connectivity index (χ3n) is 5.80. The van der Waals surface area contributed by atoms with E-state index in [9.17, 15) is 19.2 Å². The van der Waals surface area contributed by atoms with Gasteiger partial charge in [-0.05, 0) is 49.2 Å². The first kappa shape index (κ1) is 21.7. The predicted octanol–water partition coefficient (Wildman–Crippen LogP) is 3.45. The minimum Gasteiger partial charge on any atom is -0.375 e. The number of ether oxygens (including phenoxy) is 1. The molecule has 0 bridgehead atoms. The van der Waals surface area contributed by atoms with Crippen LogP contribution in [0.25, 0.3) is 0 Å². The number of rotatable bonds is 6. The van der Waals surface area contributed by atoms with E-state index in [1.165, 1.54) is 18.1 Å². The van der Waals surface area contributed by atoms with Gasteiger partial charge in [-0.1, -0.05) is 25.3 Å². The molecule has 2 aromatic rings. The summed E-state index contributed by atoms with van der Waals surface area (Å²) in [5.41, 5.74) is 1.90. The number of nitrogens with one attached hydrogen (secondary N) is 2. The molecule has 0 radical (unpaired) electrons. The van der Waals surface area contributed by atoms with Crippen LogP contribution >= 0.6 is 0 Å². The zero-order valence-electron chi connectivity index (χ0n) is 17.8. The molecule has 0 unspecified atom stereocenters. The van der Waals surface area contributed by atoms with Crippen LogP contribution < -0.4 is 10.6 Å². The number of amides is 4. The number of methoxy groups -OCH3 is 1. The average Bonchev–Trinajstić information content (AvgIpc) is 3.04. The normalized spacial score (nSPS) is 16.1. The van der Waals surface area contributed by atoms with Crippen molar-refractivity contribution in [3.8, 4) is 0 Å². The first-order valence-corrected chi connectivity index (χ1v) is 10.7. The summed E-state index contributed by atoms with van der Waals surface area (Å²) in [6.07, 6.45) is 4.81. The highest BCUT2D eigenvalue weighted by molar-refractivity contribution is 6.22. The van der Waals surface area contributed by atoms with Crippen molar-refractivity contribution in [2.24, 2.45) is 0 Å². The largest absolute Gasteiger partial charge is 0.375 e. The van der Waals surface area contributed by atoms with Gasteiger partial charge in [0.1, 0.15) is 6.61 Å². The number of imide groups is 1. The second-order valence-electron chi connectivity index (χ2n) is 8.05. The van der Waals surface area contributed by atoms with Crippen LogP contribution in [0.15, 0.2) is 42.5 Å². The minimum atomic E-state index is -0.412. The van der Waals surface area contributed by atoms with Gasteiger partial charge in [0, 0.05) is 30.1 Å². The number of fused-ring (bicyclic) bond motifs is 1. The fourth-order valence-corrected chi connectivity index (χ4v) is 4.28. The maximum atomic E-state index is 13.0. The number of carbonyl (C=O) groups excluding carboxylic acids is 4. The Balaban J connectivity index is 1.49. The van der Waals surface area contributed by atoms with E-state index in [-0.39, 0.29) is 41.5 Å². The molecule has 0 spiro atoms. The number of anilines is 2. The monoisotopic (exact) mass is 435 g/mol. The Kier molecular flexibility index (Phi) is 6.32. The molecule has 2 aromatic carbocycles. The lowest BCUT2D eigenvalue weighted by molar-refractivity contribution is -0.119. The lowest BCUT2D eigenvalue weighted by Crippen LogP contribution is -2.40. The van der Waals surface area contributed by atoms with Crippen molar-refractivity contribution in [3.05, 3.63) is 59.2 Å². The molecular weight excluding hydrogens is 410 g/mol. The van der Waals surface area contributed by atoms with Gasteiger partial charge in [0.2, 0.25) is 5.91 Å². The smallest absolute Gasteiger partial charge is 0.261 e. The molecule has 2 N–H and O–H groups in total. The molecule has 1 aliphatic heterocycles. The molecule has 1 saturated carbocycles. The van der Waals surface area contributed by atoms with Crippen LogP contribution in [0.3, 0.4) is 0 Å². The van der Waals surface area contributed by atoms with Crippen molar-refractivity contribution in [3.63, 3.8) is 0 Å². The van der Waals surface area contributed by atoms with Gasteiger partial charge in [0.05, 0.1) is 11.1 Å². The summed E-state index contributed by atoms with van der Waals surface area (Å²) in [5, 5.41) is 5.44. The van der Waals surface area contributed by atoms with Crippen LogP contribution in [-0.4, -0.2) is 48.3 Å². The molecule has 2 aliphatic rings.